The number of anilines is 1. The van der Waals surface area contributed by atoms with Crippen LogP contribution in [0.1, 0.15) is 11.7 Å². The number of nitro benzene ring substituents is 1. The summed E-state index contributed by atoms with van der Waals surface area (Å²) < 4.78 is 0. The van der Waals surface area contributed by atoms with Crippen LogP contribution < -0.4 is 10.9 Å². The maximum Gasteiger partial charge on any atom is 0.293 e. The van der Waals surface area contributed by atoms with Gasteiger partial charge in [0.1, 0.15) is 5.69 Å². The lowest BCUT2D eigenvalue weighted by molar-refractivity contribution is -0.383. The van der Waals surface area contributed by atoms with Gasteiger partial charge >= 0.3 is 0 Å². The number of aromatic nitrogens is 2. The summed E-state index contributed by atoms with van der Waals surface area (Å²) in [6.45, 7) is -0.0355. The molecule has 0 aliphatic rings. The minimum absolute atomic E-state index is 0.0355. The van der Waals surface area contributed by atoms with Crippen LogP contribution in [-0.2, 0) is 0 Å². The van der Waals surface area contributed by atoms with Crippen molar-refractivity contribution in [2.75, 3.05) is 11.9 Å². The maximum absolute atomic E-state index is 11.8. The number of nitrogens with one attached hydrogen (secondary N) is 2. The Bertz CT molecular complexity index is 1030. The van der Waals surface area contributed by atoms with Crippen LogP contribution in [0.3, 0.4) is 0 Å². The molecule has 1 unspecified atom stereocenters. The smallest absolute Gasteiger partial charge is 0.293 e. The zero-order chi connectivity index (χ0) is 18.8. The van der Waals surface area contributed by atoms with Gasteiger partial charge in [0.15, 0.2) is 0 Å². The minimum atomic E-state index is -1.01. The van der Waals surface area contributed by atoms with Crippen molar-refractivity contribution >= 4 is 45.5 Å². The molecular weight excluding hydrogens is 383 g/mol. The van der Waals surface area contributed by atoms with Gasteiger partial charge < -0.3 is 15.4 Å². The Morgan fingerprint density at radius 2 is 1.92 bits per heavy atom. The summed E-state index contributed by atoms with van der Waals surface area (Å²) in [5.41, 5.74) is 0.119. The Balaban J connectivity index is 1.91. The van der Waals surface area contributed by atoms with Gasteiger partial charge in [0, 0.05) is 22.7 Å². The third-order valence-electron chi connectivity index (χ3n) is 3.71. The SMILES string of the molecule is O=c1[nH]cnc2cc(NCC(O)c3cc(Cl)cc(Cl)c3)c([N+](=O)[O-])cc12. The summed E-state index contributed by atoms with van der Waals surface area (Å²) >= 11 is 11.8. The average molecular weight is 395 g/mol. The van der Waals surface area contributed by atoms with Crippen LogP contribution in [0.25, 0.3) is 10.9 Å². The van der Waals surface area contributed by atoms with Crippen molar-refractivity contribution in [2.24, 2.45) is 0 Å². The minimum Gasteiger partial charge on any atom is -0.387 e. The second kappa shape index (κ2) is 7.28. The van der Waals surface area contributed by atoms with Crippen molar-refractivity contribution in [3.8, 4) is 0 Å². The molecule has 0 bridgehead atoms. The van der Waals surface area contributed by atoms with Crippen LogP contribution in [0.5, 0.6) is 0 Å². The lowest BCUT2D eigenvalue weighted by Crippen LogP contribution is -2.14. The predicted molar refractivity (Wildman–Crippen MR) is 98.9 cm³/mol. The molecule has 3 N–H and O–H groups in total. The van der Waals surface area contributed by atoms with Gasteiger partial charge in [0.25, 0.3) is 11.2 Å². The Labute approximate surface area is 156 Å². The quantitative estimate of drug-likeness (QED) is 0.450. The van der Waals surface area contributed by atoms with Gasteiger partial charge in [-0.05, 0) is 29.8 Å². The third kappa shape index (κ3) is 3.77. The van der Waals surface area contributed by atoms with E-state index in [1.807, 2.05) is 0 Å². The van der Waals surface area contributed by atoms with Crippen LogP contribution in [0.2, 0.25) is 10.0 Å². The number of H-pyrrole nitrogens is 1. The third-order valence-corrected chi connectivity index (χ3v) is 4.15. The molecule has 0 spiro atoms. The zero-order valence-electron chi connectivity index (χ0n) is 13.1. The molecule has 0 radical (unpaired) electrons. The highest BCUT2D eigenvalue weighted by Crippen LogP contribution is 2.29. The summed E-state index contributed by atoms with van der Waals surface area (Å²) in [7, 11) is 0. The number of hydrogen-bond acceptors (Lipinski definition) is 6. The zero-order valence-corrected chi connectivity index (χ0v) is 14.6. The molecule has 2 aromatic carbocycles. The highest BCUT2D eigenvalue weighted by atomic mass is 35.5. The Morgan fingerprint density at radius 1 is 1.23 bits per heavy atom. The number of aliphatic hydroxyl groups is 1. The maximum atomic E-state index is 11.8. The fourth-order valence-corrected chi connectivity index (χ4v) is 3.03. The molecule has 3 aromatic rings. The number of halogens is 2. The molecule has 1 heterocycles. The molecule has 26 heavy (non-hydrogen) atoms. The lowest BCUT2D eigenvalue weighted by Gasteiger charge is -2.14. The van der Waals surface area contributed by atoms with E-state index in [1.165, 1.54) is 18.5 Å². The van der Waals surface area contributed by atoms with Gasteiger partial charge in [0.2, 0.25) is 0 Å². The van der Waals surface area contributed by atoms with Crippen LogP contribution in [0.15, 0.2) is 41.5 Å². The molecule has 0 saturated carbocycles. The van der Waals surface area contributed by atoms with Gasteiger partial charge in [-0.2, -0.15) is 0 Å². The van der Waals surface area contributed by atoms with E-state index in [1.54, 1.807) is 12.1 Å². The van der Waals surface area contributed by atoms with E-state index in [0.29, 0.717) is 21.1 Å². The number of fused-ring (bicyclic) bond motifs is 1. The van der Waals surface area contributed by atoms with Crippen molar-refractivity contribution in [3.05, 3.63) is 72.7 Å². The molecule has 0 saturated heterocycles. The summed E-state index contributed by atoms with van der Waals surface area (Å²) in [5.74, 6) is 0. The highest BCUT2D eigenvalue weighted by Gasteiger charge is 2.18. The standard InChI is InChI=1S/C16H12Cl2N4O4/c17-9-1-8(2-10(18)3-9)15(23)6-19-13-5-12-11(4-14(13)22(25)26)16(24)21-7-20-12/h1-5,7,15,19,23H,6H2,(H,20,21,24). The van der Waals surface area contributed by atoms with Gasteiger partial charge in [0.05, 0.1) is 28.3 Å². The van der Waals surface area contributed by atoms with Crippen LogP contribution in [-0.4, -0.2) is 26.5 Å². The van der Waals surface area contributed by atoms with Crippen molar-refractivity contribution in [2.45, 2.75) is 6.10 Å². The first-order chi connectivity index (χ1) is 12.3. The van der Waals surface area contributed by atoms with Crippen molar-refractivity contribution < 1.29 is 10.0 Å². The second-order valence-electron chi connectivity index (χ2n) is 5.47. The molecule has 8 nitrogen and oxygen atoms in total. The molecule has 1 atom stereocenters. The largest absolute Gasteiger partial charge is 0.387 e. The first-order valence-electron chi connectivity index (χ1n) is 7.39. The number of aromatic amines is 1. The number of nitrogens with zero attached hydrogens (tertiary/aromatic N) is 2. The molecular formula is C16H12Cl2N4O4. The van der Waals surface area contributed by atoms with Crippen molar-refractivity contribution in [1.82, 2.24) is 9.97 Å². The summed E-state index contributed by atoms with van der Waals surface area (Å²) in [4.78, 5) is 28.8. The van der Waals surface area contributed by atoms with E-state index in [2.05, 4.69) is 15.3 Å². The van der Waals surface area contributed by atoms with Crippen LogP contribution >= 0.6 is 23.2 Å². The Kier molecular flexibility index (Phi) is 5.08. The lowest BCUT2D eigenvalue weighted by atomic mass is 10.1. The van der Waals surface area contributed by atoms with Crippen molar-refractivity contribution in [1.29, 1.82) is 0 Å². The van der Waals surface area contributed by atoms with Gasteiger partial charge in [-0.15, -0.1) is 0 Å². The predicted octanol–water partition coefficient (Wildman–Crippen LogP) is 3.28. The summed E-state index contributed by atoms with van der Waals surface area (Å²) in [5, 5.41) is 25.3. The van der Waals surface area contributed by atoms with Crippen LogP contribution in [0, 0.1) is 10.1 Å². The van der Waals surface area contributed by atoms with E-state index >= 15 is 0 Å². The monoisotopic (exact) mass is 394 g/mol. The molecule has 134 valence electrons. The fraction of sp³-hybridized carbons (Fsp3) is 0.125. The topological polar surface area (TPSA) is 121 Å². The number of aliphatic hydroxyl groups excluding tert-OH is 1. The highest BCUT2D eigenvalue weighted by molar-refractivity contribution is 6.34. The Morgan fingerprint density at radius 3 is 2.58 bits per heavy atom. The molecule has 0 fully saturated rings. The second-order valence-corrected chi connectivity index (χ2v) is 6.35. The van der Waals surface area contributed by atoms with Gasteiger partial charge in [-0.25, -0.2) is 4.98 Å². The van der Waals surface area contributed by atoms with E-state index in [4.69, 9.17) is 23.2 Å². The van der Waals surface area contributed by atoms with E-state index in [-0.39, 0.29) is 23.3 Å². The molecule has 0 amide bonds. The molecule has 3 rings (SSSR count). The van der Waals surface area contributed by atoms with Crippen LogP contribution in [0.4, 0.5) is 11.4 Å². The average Bonchev–Trinajstić information content (AvgIpc) is 2.58. The number of benzene rings is 2. The molecule has 0 aliphatic heterocycles. The Hall–Kier alpha value is -2.68. The fourth-order valence-electron chi connectivity index (χ4n) is 2.49. The van der Waals surface area contributed by atoms with Gasteiger partial charge in [-0.3, -0.25) is 14.9 Å². The van der Waals surface area contributed by atoms with Crippen molar-refractivity contribution in [3.63, 3.8) is 0 Å². The number of nitro groups is 1. The summed E-state index contributed by atoms with van der Waals surface area (Å²) in [6.07, 6.45) is 0.206. The molecule has 1 aromatic heterocycles. The number of rotatable bonds is 5. The number of hydrogen-bond donors (Lipinski definition) is 3. The first-order valence-corrected chi connectivity index (χ1v) is 8.14. The van der Waals surface area contributed by atoms with E-state index < -0.39 is 16.6 Å². The van der Waals surface area contributed by atoms with Gasteiger partial charge in [-0.1, -0.05) is 23.2 Å². The first kappa shape index (κ1) is 18.1. The molecule has 10 heteroatoms. The van der Waals surface area contributed by atoms with E-state index in [0.717, 1.165) is 6.07 Å². The van der Waals surface area contributed by atoms with E-state index in [9.17, 15) is 20.0 Å². The normalized spacial score (nSPS) is 12.1. The molecule has 0 aliphatic carbocycles. The summed E-state index contributed by atoms with van der Waals surface area (Å²) in [6, 6.07) is 7.17.